The molecule has 79 heavy (non-hydrogen) atoms. The molecule has 22 heteroatoms. The van der Waals surface area contributed by atoms with Crippen LogP contribution in [0.1, 0.15) is 126 Å². The van der Waals surface area contributed by atoms with Crippen LogP contribution in [0.15, 0.2) is 72.2 Å². The van der Waals surface area contributed by atoms with Crippen LogP contribution in [0, 0.1) is 18.2 Å². The third-order valence-electron chi connectivity index (χ3n) is 14.7. The van der Waals surface area contributed by atoms with Gasteiger partial charge in [-0.25, -0.2) is 19.1 Å². The lowest BCUT2D eigenvalue weighted by atomic mass is 9.85. The maximum atomic E-state index is 14.0. The van der Waals surface area contributed by atoms with Crippen LogP contribution in [-0.4, -0.2) is 116 Å². The van der Waals surface area contributed by atoms with E-state index in [1.165, 1.54) is 29.2 Å². The largest absolute Gasteiger partial charge is 0.427 e. The monoisotopic (exact) mass is 1120 g/mol. The number of fused-ring (bicyclic) bond motifs is 2. The maximum absolute atomic E-state index is 14.0. The minimum Gasteiger partial charge on any atom is -0.427 e. The number of rotatable bonds is 23. The zero-order chi connectivity index (χ0) is 57.4. The van der Waals surface area contributed by atoms with Gasteiger partial charge >= 0.3 is 12.3 Å². The Morgan fingerprint density at radius 2 is 1.56 bits per heavy atom. The topological polar surface area (TPSA) is 225 Å². The molecule has 17 nitrogen and oxygen atoms in total. The molecule has 0 unspecified atom stereocenters. The molecule has 7 rings (SSSR count). The van der Waals surface area contributed by atoms with Crippen molar-refractivity contribution < 1.29 is 65.8 Å². The lowest BCUT2D eigenvalue weighted by molar-refractivity contribution is -0.187. The van der Waals surface area contributed by atoms with Crippen LogP contribution < -0.4 is 16.0 Å². The van der Waals surface area contributed by atoms with Crippen LogP contribution in [0.5, 0.6) is 0 Å². The standard InChI is InChI=1S/C57H67F4N7O10S/c1-34-49(79-33-63-34)38-17-13-36(14-18-38)29-62-51(74)45-28-43(70)31-67(45)52(75)50(55(3,4)5)65-46(71)12-10-8-6-7-9-11-42(69)22-24-47(72)64-41-21-23-44-39(27-41)25-26-56(44)53(76)68(54(77)78-56)32-48(73)66(35(2)57(59,60)61)30-37-15-19-40(58)20-16-37/h13-21,23,27,33,35,43,45,50,70H,6-12,22,24-26,28-32H2,1-5H3,(H,62,74)(H,64,72)(H,65,71)/t35-,43+,45-,50+,56+/m0/s1. The molecule has 2 aliphatic heterocycles. The average molecular weight is 1120 g/mol. The summed E-state index contributed by atoms with van der Waals surface area (Å²) in [5.74, 6) is -4.40. The number of alkyl halides is 3. The van der Waals surface area contributed by atoms with Crippen LogP contribution in [0.3, 0.4) is 0 Å². The molecule has 7 amide bonds. The van der Waals surface area contributed by atoms with Gasteiger partial charge in [-0.15, -0.1) is 11.3 Å². The number of nitrogens with zero attached hydrogens (tertiary/aromatic N) is 4. The summed E-state index contributed by atoms with van der Waals surface area (Å²) in [6.45, 7) is 6.79. The number of likely N-dealkylation sites (tertiary alicyclic amines) is 1. The van der Waals surface area contributed by atoms with Gasteiger partial charge in [-0.2, -0.15) is 13.2 Å². The summed E-state index contributed by atoms with van der Waals surface area (Å²) in [7, 11) is 0. The second kappa shape index (κ2) is 25.4. The van der Waals surface area contributed by atoms with Crippen molar-refractivity contribution in [2.75, 3.05) is 18.4 Å². The van der Waals surface area contributed by atoms with E-state index in [-0.39, 0.29) is 75.3 Å². The number of aliphatic hydroxyl groups is 1. The third-order valence-corrected chi connectivity index (χ3v) is 15.6. The number of carbonyl (C=O) groups excluding carboxylic acids is 8. The molecule has 0 radical (unpaired) electrons. The van der Waals surface area contributed by atoms with Crippen LogP contribution >= 0.6 is 11.3 Å². The summed E-state index contributed by atoms with van der Waals surface area (Å²) in [6.07, 6.45) is -3.02. The first-order chi connectivity index (χ1) is 37.3. The number of halogens is 4. The predicted octanol–water partition coefficient (Wildman–Crippen LogP) is 8.19. The Morgan fingerprint density at radius 1 is 0.886 bits per heavy atom. The van der Waals surface area contributed by atoms with E-state index in [1.54, 1.807) is 22.9 Å². The second-order valence-corrected chi connectivity index (χ2v) is 22.5. The quantitative estimate of drug-likeness (QED) is 0.0409. The van der Waals surface area contributed by atoms with E-state index in [1.807, 2.05) is 52.0 Å². The fourth-order valence-corrected chi connectivity index (χ4v) is 10.9. The predicted molar refractivity (Wildman–Crippen MR) is 284 cm³/mol. The minimum absolute atomic E-state index is 0.000764. The molecule has 4 N–H and O–H groups in total. The van der Waals surface area contributed by atoms with Crippen molar-refractivity contribution in [2.45, 2.75) is 161 Å². The zero-order valence-electron chi connectivity index (χ0n) is 44.9. The summed E-state index contributed by atoms with van der Waals surface area (Å²) in [5.41, 5.74) is 3.52. The summed E-state index contributed by atoms with van der Waals surface area (Å²) < 4.78 is 60.7. The number of imide groups is 1. The highest BCUT2D eigenvalue weighted by Gasteiger charge is 2.59. The normalized spacial score (nSPS) is 18.8. The number of ketones is 1. The van der Waals surface area contributed by atoms with Crippen LogP contribution in [0.2, 0.25) is 0 Å². The number of thiazole rings is 1. The van der Waals surface area contributed by atoms with E-state index in [9.17, 15) is 61.0 Å². The van der Waals surface area contributed by atoms with Gasteiger partial charge in [0.25, 0.3) is 5.91 Å². The van der Waals surface area contributed by atoms with Crippen molar-refractivity contribution in [3.8, 4) is 10.4 Å². The van der Waals surface area contributed by atoms with Crippen molar-refractivity contribution in [2.24, 2.45) is 5.41 Å². The Bertz CT molecular complexity index is 2910. The molecule has 3 aromatic carbocycles. The first kappa shape index (κ1) is 59.6. The molecule has 0 saturated carbocycles. The van der Waals surface area contributed by atoms with Gasteiger partial charge in [-0.05, 0) is 85.0 Å². The lowest BCUT2D eigenvalue weighted by Gasteiger charge is -2.35. The number of aryl methyl sites for hydroxylation is 2. The molecule has 4 aromatic rings. The van der Waals surface area contributed by atoms with Gasteiger partial charge < -0.3 is 35.6 Å². The Hall–Kier alpha value is -7.07. The summed E-state index contributed by atoms with van der Waals surface area (Å²) in [6, 6.07) is 12.7. The molecule has 424 valence electrons. The number of aliphatic hydroxyl groups excluding tert-OH is 1. The molecule has 0 bridgehead atoms. The number of benzene rings is 3. The highest BCUT2D eigenvalue weighted by Crippen LogP contribution is 2.46. The summed E-state index contributed by atoms with van der Waals surface area (Å²) in [5, 5.41) is 19.1. The van der Waals surface area contributed by atoms with E-state index >= 15 is 0 Å². The second-order valence-electron chi connectivity index (χ2n) is 21.6. The molecule has 1 aromatic heterocycles. The number of aromatic nitrogens is 1. The average Bonchev–Trinajstić information content (AvgIpc) is 4.29. The molecule has 2 fully saturated rings. The van der Waals surface area contributed by atoms with Crippen molar-refractivity contribution in [1.29, 1.82) is 0 Å². The van der Waals surface area contributed by atoms with Crippen molar-refractivity contribution in [3.63, 3.8) is 0 Å². The fraction of sp³-hybridized carbons (Fsp3) is 0.491. The number of hydrogen-bond acceptors (Lipinski definition) is 12. The van der Waals surface area contributed by atoms with E-state index in [0.717, 1.165) is 53.6 Å². The summed E-state index contributed by atoms with van der Waals surface area (Å²) in [4.78, 5) is 114. The highest BCUT2D eigenvalue weighted by molar-refractivity contribution is 7.13. The number of amides is 7. The van der Waals surface area contributed by atoms with Gasteiger partial charge in [0.15, 0.2) is 0 Å². The molecule has 3 heterocycles. The van der Waals surface area contributed by atoms with E-state index in [4.69, 9.17) is 4.74 Å². The van der Waals surface area contributed by atoms with E-state index in [2.05, 4.69) is 20.9 Å². The zero-order valence-corrected chi connectivity index (χ0v) is 45.7. The van der Waals surface area contributed by atoms with Crippen LogP contribution in [0.25, 0.3) is 10.4 Å². The number of ether oxygens (including phenoxy) is 1. The Labute approximate surface area is 459 Å². The van der Waals surface area contributed by atoms with Gasteiger partial charge in [-0.1, -0.05) is 82.5 Å². The van der Waals surface area contributed by atoms with Gasteiger partial charge in [0, 0.05) is 69.4 Å². The molecule has 2 saturated heterocycles. The third kappa shape index (κ3) is 14.8. The number of carbonyl (C=O) groups is 8. The fourth-order valence-electron chi connectivity index (χ4n) is 10.1. The molecule has 3 aliphatic rings. The van der Waals surface area contributed by atoms with Gasteiger partial charge in [0.1, 0.15) is 36.3 Å². The number of unbranched alkanes of at least 4 members (excludes halogenated alkanes) is 4. The highest BCUT2D eigenvalue weighted by atomic mass is 32.1. The summed E-state index contributed by atoms with van der Waals surface area (Å²) >= 11 is 1.55. The van der Waals surface area contributed by atoms with Crippen LogP contribution in [-0.2, 0) is 63.4 Å². The number of hydrogen-bond donors (Lipinski definition) is 4. The van der Waals surface area contributed by atoms with Gasteiger partial charge in [0.05, 0.1) is 22.2 Å². The SMILES string of the molecule is Cc1ncsc1-c1ccc(CNC(=O)[C@@H]2C[C@@H](O)CN2C(=O)[C@@H](NC(=O)CCCCCCCC(=O)CCC(=O)Nc2ccc3c(c2)CC[C@@]32OC(=O)N(CC(=O)N(Cc3ccc(F)cc3)[C@@H](C)C(F)(F)F)C2=O)C(C)(C)C)cc1. The lowest BCUT2D eigenvalue weighted by Crippen LogP contribution is -2.57. The van der Waals surface area contributed by atoms with Gasteiger partial charge in [0.2, 0.25) is 35.1 Å². The molecule has 1 spiro atoms. The smallest absolute Gasteiger partial charge is 0.418 e. The Balaban J connectivity index is 0.795. The van der Waals surface area contributed by atoms with Crippen molar-refractivity contribution in [1.82, 2.24) is 30.3 Å². The van der Waals surface area contributed by atoms with Crippen molar-refractivity contribution in [3.05, 3.63) is 106 Å². The maximum Gasteiger partial charge on any atom is 0.418 e. The van der Waals surface area contributed by atoms with Crippen molar-refractivity contribution >= 4 is 64.3 Å². The number of nitrogens with one attached hydrogen (secondary N) is 3. The first-order valence-electron chi connectivity index (χ1n) is 26.5. The minimum atomic E-state index is -4.85. The number of Topliss-reactive ketones (excluding diaryl/α,β-unsaturated/α-hetero) is 1. The van der Waals surface area contributed by atoms with Crippen LogP contribution in [0.4, 0.5) is 28.0 Å². The van der Waals surface area contributed by atoms with E-state index in [0.29, 0.717) is 45.9 Å². The Kier molecular flexibility index (Phi) is 19.1. The first-order valence-corrected chi connectivity index (χ1v) is 27.4. The number of β-amino-alcohol motifs (C(OH)–C–C–N with tert-alkyl or cyclic N) is 1. The molecule has 1 aliphatic carbocycles. The number of anilines is 1. The molecule has 5 atom stereocenters. The van der Waals surface area contributed by atoms with E-state index < -0.39 is 96.0 Å². The molecular formula is C57H67F4N7O10S. The Morgan fingerprint density at radius 3 is 2.22 bits per heavy atom. The van der Waals surface area contributed by atoms with Gasteiger partial charge in [-0.3, -0.25) is 33.6 Å². The molecular weight excluding hydrogens is 1050 g/mol.